The summed E-state index contributed by atoms with van der Waals surface area (Å²) in [5, 5.41) is 3.55. The first kappa shape index (κ1) is 24.5. The minimum atomic E-state index is 0.927. The molecule has 3 heterocycles. The van der Waals surface area contributed by atoms with Crippen molar-refractivity contribution in [1.29, 1.82) is 0 Å². The highest BCUT2D eigenvalue weighted by Gasteiger charge is 2.29. The Bertz CT molecular complexity index is 445. The number of nitrogens with zero attached hydrogens (tertiary/aromatic N) is 2. The van der Waals surface area contributed by atoms with Crippen LogP contribution in [0.25, 0.3) is 0 Å². The predicted molar refractivity (Wildman–Crippen MR) is 131 cm³/mol. The molecular weight excluding hydrogens is 366 g/mol. The maximum Gasteiger partial charge on any atom is -0.00161 e. The summed E-state index contributed by atoms with van der Waals surface area (Å²) >= 11 is 0. The van der Waals surface area contributed by atoms with Gasteiger partial charge in [-0.15, -0.1) is 0 Å². The number of hydrogen-bond acceptors (Lipinski definition) is 3. The average molecular weight is 420 g/mol. The third-order valence-corrected chi connectivity index (χ3v) is 9.49. The zero-order valence-electron chi connectivity index (χ0n) is 20.9. The Kier molecular flexibility index (Phi) is 10.5. The van der Waals surface area contributed by atoms with E-state index in [2.05, 4.69) is 42.9 Å². The number of piperidine rings is 3. The zero-order chi connectivity index (χ0) is 21.3. The van der Waals surface area contributed by atoms with Crippen LogP contribution in [0.4, 0.5) is 0 Å². The first-order chi connectivity index (χ1) is 14.6. The van der Waals surface area contributed by atoms with Gasteiger partial charge in [-0.1, -0.05) is 33.6 Å². The van der Waals surface area contributed by atoms with Gasteiger partial charge in [-0.05, 0) is 140 Å². The molecule has 0 amide bonds. The van der Waals surface area contributed by atoms with E-state index in [4.69, 9.17) is 0 Å². The molecule has 3 atom stereocenters. The Morgan fingerprint density at radius 3 is 1.73 bits per heavy atom. The fourth-order valence-electron chi connectivity index (χ4n) is 6.79. The van der Waals surface area contributed by atoms with Crippen molar-refractivity contribution in [2.75, 3.05) is 52.9 Å². The van der Waals surface area contributed by atoms with E-state index in [1.54, 1.807) is 0 Å². The average Bonchev–Trinajstić information content (AvgIpc) is 2.80. The van der Waals surface area contributed by atoms with Crippen LogP contribution in [0.2, 0.25) is 0 Å². The zero-order valence-corrected chi connectivity index (χ0v) is 20.9. The van der Waals surface area contributed by atoms with Gasteiger partial charge < -0.3 is 15.1 Å². The Labute approximate surface area is 188 Å². The van der Waals surface area contributed by atoms with Crippen molar-refractivity contribution in [2.24, 2.45) is 35.5 Å². The summed E-state index contributed by atoms with van der Waals surface area (Å²) in [6, 6.07) is 0. The second kappa shape index (κ2) is 12.8. The van der Waals surface area contributed by atoms with E-state index >= 15 is 0 Å². The van der Waals surface area contributed by atoms with Gasteiger partial charge >= 0.3 is 0 Å². The predicted octanol–water partition coefficient (Wildman–Crippen LogP) is 5.51. The fourth-order valence-corrected chi connectivity index (χ4v) is 6.79. The lowest BCUT2D eigenvalue weighted by molar-refractivity contribution is 0.121. The van der Waals surface area contributed by atoms with Crippen molar-refractivity contribution in [1.82, 2.24) is 15.1 Å². The maximum atomic E-state index is 3.55. The summed E-state index contributed by atoms with van der Waals surface area (Å²) in [6.07, 6.45) is 14.6. The molecule has 176 valence electrons. The Balaban J connectivity index is 1.49. The summed E-state index contributed by atoms with van der Waals surface area (Å²) in [7, 11) is 2.29. The van der Waals surface area contributed by atoms with Gasteiger partial charge in [0.25, 0.3) is 0 Å². The summed E-state index contributed by atoms with van der Waals surface area (Å²) in [5.41, 5.74) is 0. The summed E-state index contributed by atoms with van der Waals surface area (Å²) in [4.78, 5) is 5.20. The van der Waals surface area contributed by atoms with E-state index in [1.807, 2.05) is 0 Å². The molecule has 0 aromatic rings. The molecular formula is C27H53N3. The summed E-state index contributed by atoms with van der Waals surface area (Å²) < 4.78 is 0. The quantitative estimate of drug-likeness (QED) is 0.504. The van der Waals surface area contributed by atoms with E-state index in [0.29, 0.717) is 0 Å². The second-order valence-corrected chi connectivity index (χ2v) is 11.4. The van der Waals surface area contributed by atoms with Crippen LogP contribution in [0.15, 0.2) is 0 Å². The molecule has 3 unspecified atom stereocenters. The number of hydrogen-bond donors (Lipinski definition) is 1. The van der Waals surface area contributed by atoms with Crippen LogP contribution < -0.4 is 5.32 Å². The largest absolute Gasteiger partial charge is 0.317 e. The molecule has 3 aliphatic heterocycles. The number of rotatable bonds is 10. The Morgan fingerprint density at radius 2 is 1.20 bits per heavy atom. The van der Waals surface area contributed by atoms with Crippen LogP contribution >= 0.6 is 0 Å². The van der Waals surface area contributed by atoms with Crippen molar-refractivity contribution in [3.05, 3.63) is 0 Å². The molecule has 3 fully saturated rings. The molecule has 3 rings (SSSR count). The third-order valence-electron chi connectivity index (χ3n) is 9.49. The lowest BCUT2D eigenvalue weighted by atomic mass is 9.73. The molecule has 3 aliphatic rings. The second-order valence-electron chi connectivity index (χ2n) is 11.4. The lowest BCUT2D eigenvalue weighted by Crippen LogP contribution is -2.36. The van der Waals surface area contributed by atoms with Crippen LogP contribution in [0.3, 0.4) is 0 Å². The van der Waals surface area contributed by atoms with Gasteiger partial charge in [0.05, 0.1) is 0 Å². The van der Waals surface area contributed by atoms with Gasteiger partial charge in [0.1, 0.15) is 0 Å². The van der Waals surface area contributed by atoms with E-state index < -0.39 is 0 Å². The molecule has 30 heavy (non-hydrogen) atoms. The Hall–Kier alpha value is -0.120. The smallest absolute Gasteiger partial charge is 0.00161 e. The van der Waals surface area contributed by atoms with Crippen LogP contribution in [-0.4, -0.2) is 62.7 Å². The Morgan fingerprint density at radius 1 is 0.700 bits per heavy atom. The molecule has 0 radical (unpaired) electrons. The SMILES string of the molecule is CCN1CCC(C(CCC(C)C2CCNCC2)CCC(C)C2CCN(C)CC2)CC1. The minimum absolute atomic E-state index is 0.927. The third kappa shape index (κ3) is 7.48. The molecule has 1 N–H and O–H groups in total. The molecule has 0 saturated carbocycles. The van der Waals surface area contributed by atoms with E-state index in [-0.39, 0.29) is 0 Å². The summed E-state index contributed by atoms with van der Waals surface area (Å²) in [6.45, 7) is 16.6. The highest BCUT2D eigenvalue weighted by Crippen LogP contribution is 2.37. The minimum Gasteiger partial charge on any atom is -0.317 e. The monoisotopic (exact) mass is 419 g/mol. The highest BCUT2D eigenvalue weighted by atomic mass is 15.1. The van der Waals surface area contributed by atoms with E-state index in [0.717, 1.165) is 35.5 Å². The normalized spacial score (nSPS) is 27.2. The van der Waals surface area contributed by atoms with Gasteiger partial charge in [-0.25, -0.2) is 0 Å². The van der Waals surface area contributed by atoms with Crippen molar-refractivity contribution in [2.45, 2.75) is 85.0 Å². The van der Waals surface area contributed by atoms with Crippen LogP contribution in [0.1, 0.15) is 85.0 Å². The molecule has 0 spiro atoms. The molecule has 3 saturated heterocycles. The molecule has 3 nitrogen and oxygen atoms in total. The van der Waals surface area contributed by atoms with Crippen molar-refractivity contribution in [3.8, 4) is 0 Å². The molecule has 0 aromatic heterocycles. The number of likely N-dealkylation sites (tertiary alicyclic amines) is 2. The van der Waals surface area contributed by atoms with Crippen LogP contribution in [0.5, 0.6) is 0 Å². The highest BCUT2D eigenvalue weighted by molar-refractivity contribution is 4.82. The van der Waals surface area contributed by atoms with Gasteiger partial charge in [-0.3, -0.25) is 0 Å². The fraction of sp³-hybridized carbons (Fsp3) is 1.00. The molecule has 0 aromatic carbocycles. The van der Waals surface area contributed by atoms with Gasteiger partial charge in [-0.2, -0.15) is 0 Å². The standard InChI is InChI=1S/C27H53N3/c1-5-30-20-14-27(15-21-30)26(8-6-22(2)24-10-16-28-17-11-24)9-7-23(3)25-12-18-29(4)19-13-25/h22-28H,5-21H2,1-4H3. The maximum absolute atomic E-state index is 3.55. The van der Waals surface area contributed by atoms with Crippen molar-refractivity contribution < 1.29 is 0 Å². The van der Waals surface area contributed by atoms with Crippen LogP contribution in [-0.2, 0) is 0 Å². The van der Waals surface area contributed by atoms with E-state index in [9.17, 15) is 0 Å². The number of nitrogens with one attached hydrogen (secondary N) is 1. The first-order valence-corrected chi connectivity index (χ1v) is 13.7. The van der Waals surface area contributed by atoms with Crippen molar-refractivity contribution in [3.63, 3.8) is 0 Å². The van der Waals surface area contributed by atoms with Gasteiger partial charge in [0, 0.05) is 0 Å². The lowest BCUT2D eigenvalue weighted by Gasteiger charge is -2.38. The molecule has 3 heteroatoms. The summed E-state index contributed by atoms with van der Waals surface area (Å²) in [5.74, 6) is 5.81. The molecule has 0 aliphatic carbocycles. The van der Waals surface area contributed by atoms with Gasteiger partial charge in [0.15, 0.2) is 0 Å². The van der Waals surface area contributed by atoms with Gasteiger partial charge in [0.2, 0.25) is 0 Å². The molecule has 0 bridgehead atoms. The van der Waals surface area contributed by atoms with E-state index in [1.165, 1.54) is 110 Å². The first-order valence-electron chi connectivity index (χ1n) is 13.7. The van der Waals surface area contributed by atoms with Crippen LogP contribution in [0, 0.1) is 35.5 Å². The van der Waals surface area contributed by atoms with Crippen molar-refractivity contribution >= 4 is 0 Å². The topological polar surface area (TPSA) is 18.5 Å².